The molecule has 0 aliphatic heterocycles. The van der Waals surface area contributed by atoms with Gasteiger partial charge in [-0.25, -0.2) is 4.39 Å². The van der Waals surface area contributed by atoms with Crippen molar-refractivity contribution in [2.45, 2.75) is 44.4 Å². The summed E-state index contributed by atoms with van der Waals surface area (Å²) in [7, 11) is 0. The van der Waals surface area contributed by atoms with Crippen molar-refractivity contribution in [3.05, 3.63) is 29.6 Å². The third kappa shape index (κ3) is 3.37. The molecule has 1 unspecified atom stereocenters. The first kappa shape index (κ1) is 15.8. The maximum atomic E-state index is 13.1. The van der Waals surface area contributed by atoms with Gasteiger partial charge in [-0.3, -0.25) is 0 Å². The SMILES string of the molecule is CC(C)(CC(C)(O)C(F)(F)F)c1cc(F)ccc1O. The third-order valence-corrected chi connectivity index (χ3v) is 3.08. The second kappa shape index (κ2) is 4.67. The van der Waals surface area contributed by atoms with Gasteiger partial charge in [0.2, 0.25) is 0 Å². The number of phenols is 1. The largest absolute Gasteiger partial charge is 0.508 e. The highest BCUT2D eigenvalue weighted by molar-refractivity contribution is 5.38. The van der Waals surface area contributed by atoms with Crippen LogP contribution in [0.5, 0.6) is 5.75 Å². The van der Waals surface area contributed by atoms with Crippen LogP contribution in [0, 0.1) is 5.82 Å². The van der Waals surface area contributed by atoms with E-state index in [4.69, 9.17) is 0 Å². The number of aromatic hydroxyl groups is 1. The smallest absolute Gasteiger partial charge is 0.416 e. The first-order valence-corrected chi connectivity index (χ1v) is 5.65. The average molecular weight is 280 g/mol. The lowest BCUT2D eigenvalue weighted by Gasteiger charge is -2.35. The number of rotatable bonds is 3. The van der Waals surface area contributed by atoms with E-state index in [1.165, 1.54) is 13.8 Å². The van der Waals surface area contributed by atoms with Crippen LogP contribution < -0.4 is 0 Å². The molecule has 1 rings (SSSR count). The normalized spacial score (nSPS) is 16.2. The summed E-state index contributed by atoms with van der Waals surface area (Å²) in [5.74, 6) is -0.961. The number of halogens is 4. The molecule has 2 nitrogen and oxygen atoms in total. The summed E-state index contributed by atoms with van der Waals surface area (Å²) in [6.45, 7) is 3.47. The Morgan fingerprint density at radius 3 is 2.11 bits per heavy atom. The lowest BCUT2D eigenvalue weighted by atomic mass is 9.75. The summed E-state index contributed by atoms with van der Waals surface area (Å²) >= 11 is 0. The number of alkyl halides is 3. The highest BCUT2D eigenvalue weighted by Gasteiger charge is 2.52. The molecule has 0 amide bonds. The van der Waals surface area contributed by atoms with Crippen LogP contribution in [0.15, 0.2) is 18.2 Å². The fourth-order valence-corrected chi connectivity index (χ4v) is 2.11. The summed E-state index contributed by atoms with van der Waals surface area (Å²) in [5, 5.41) is 19.1. The molecule has 0 aromatic heterocycles. The van der Waals surface area contributed by atoms with Crippen molar-refractivity contribution in [1.82, 2.24) is 0 Å². The van der Waals surface area contributed by atoms with E-state index in [2.05, 4.69) is 0 Å². The van der Waals surface area contributed by atoms with Gasteiger partial charge in [-0.15, -0.1) is 0 Å². The van der Waals surface area contributed by atoms with Crippen molar-refractivity contribution in [3.63, 3.8) is 0 Å². The fourth-order valence-electron chi connectivity index (χ4n) is 2.11. The molecule has 1 aromatic carbocycles. The lowest BCUT2D eigenvalue weighted by Crippen LogP contribution is -2.46. The summed E-state index contributed by atoms with van der Waals surface area (Å²) in [6.07, 6.45) is -5.49. The molecule has 0 aliphatic carbocycles. The number of hydrogen-bond donors (Lipinski definition) is 2. The third-order valence-electron chi connectivity index (χ3n) is 3.08. The first-order chi connectivity index (χ1) is 8.37. The molecule has 0 radical (unpaired) electrons. The molecule has 0 spiro atoms. The Balaban J connectivity index is 3.15. The van der Waals surface area contributed by atoms with Gasteiger partial charge in [-0.2, -0.15) is 13.2 Å². The van der Waals surface area contributed by atoms with E-state index in [9.17, 15) is 27.8 Å². The number of hydrogen-bond acceptors (Lipinski definition) is 2. The van der Waals surface area contributed by atoms with Crippen LogP contribution in [0.4, 0.5) is 17.6 Å². The Bertz CT molecular complexity index is 464. The topological polar surface area (TPSA) is 40.5 Å². The van der Waals surface area contributed by atoms with Gasteiger partial charge in [0.1, 0.15) is 11.6 Å². The molecule has 19 heavy (non-hydrogen) atoms. The minimum absolute atomic E-state index is 0.0250. The van der Waals surface area contributed by atoms with Crippen LogP contribution in [-0.2, 0) is 5.41 Å². The van der Waals surface area contributed by atoms with Gasteiger partial charge in [0.15, 0.2) is 5.60 Å². The standard InChI is InChI=1S/C13H16F4O2/c1-11(2,7-12(3,19)13(15,16)17)9-6-8(14)4-5-10(9)18/h4-6,18-19H,7H2,1-3H3. The second-order valence-corrected chi connectivity index (χ2v) is 5.49. The molecule has 0 aliphatic rings. The van der Waals surface area contributed by atoms with E-state index in [1.54, 1.807) is 0 Å². The van der Waals surface area contributed by atoms with E-state index < -0.39 is 29.4 Å². The van der Waals surface area contributed by atoms with Crippen LogP contribution in [0.2, 0.25) is 0 Å². The Kier molecular flexibility index (Phi) is 3.87. The number of phenolic OH excluding ortho intramolecular Hbond substituents is 1. The fraction of sp³-hybridized carbons (Fsp3) is 0.538. The van der Waals surface area contributed by atoms with E-state index in [-0.39, 0.29) is 11.3 Å². The zero-order valence-corrected chi connectivity index (χ0v) is 10.8. The quantitative estimate of drug-likeness (QED) is 0.832. The lowest BCUT2D eigenvalue weighted by molar-refractivity contribution is -0.259. The molecule has 0 saturated heterocycles. The number of aliphatic hydroxyl groups is 1. The van der Waals surface area contributed by atoms with Crippen LogP contribution in [0.3, 0.4) is 0 Å². The van der Waals surface area contributed by atoms with Gasteiger partial charge < -0.3 is 10.2 Å². The van der Waals surface area contributed by atoms with Gasteiger partial charge in [-0.1, -0.05) is 13.8 Å². The Morgan fingerprint density at radius 2 is 1.63 bits per heavy atom. The van der Waals surface area contributed by atoms with Crippen LogP contribution in [-0.4, -0.2) is 22.0 Å². The Morgan fingerprint density at radius 1 is 1.11 bits per heavy atom. The molecule has 2 N–H and O–H groups in total. The number of benzene rings is 1. The van der Waals surface area contributed by atoms with Crippen molar-refractivity contribution in [2.75, 3.05) is 0 Å². The molecule has 0 heterocycles. The molecular formula is C13H16F4O2. The van der Waals surface area contributed by atoms with Crippen LogP contribution in [0.25, 0.3) is 0 Å². The molecule has 0 bridgehead atoms. The van der Waals surface area contributed by atoms with Gasteiger partial charge in [0, 0.05) is 5.56 Å². The van der Waals surface area contributed by atoms with Crippen molar-refractivity contribution >= 4 is 0 Å². The molecule has 1 atom stereocenters. The van der Waals surface area contributed by atoms with Crippen LogP contribution in [0.1, 0.15) is 32.8 Å². The van der Waals surface area contributed by atoms with Gasteiger partial charge in [0.25, 0.3) is 0 Å². The zero-order valence-electron chi connectivity index (χ0n) is 10.8. The van der Waals surface area contributed by atoms with E-state index in [0.29, 0.717) is 6.92 Å². The maximum absolute atomic E-state index is 13.1. The van der Waals surface area contributed by atoms with Crippen molar-refractivity contribution in [2.24, 2.45) is 0 Å². The van der Waals surface area contributed by atoms with E-state index in [1.807, 2.05) is 0 Å². The average Bonchev–Trinajstić information content (AvgIpc) is 2.18. The maximum Gasteiger partial charge on any atom is 0.416 e. The minimum atomic E-state index is -4.80. The first-order valence-electron chi connectivity index (χ1n) is 5.65. The molecule has 6 heteroatoms. The summed E-state index contributed by atoms with van der Waals surface area (Å²) in [5.41, 5.74) is -4.14. The monoisotopic (exact) mass is 280 g/mol. The van der Waals surface area contributed by atoms with Gasteiger partial charge in [-0.05, 0) is 37.0 Å². The highest BCUT2D eigenvalue weighted by Crippen LogP contribution is 2.42. The Hall–Kier alpha value is -1.30. The predicted octanol–water partition coefficient (Wildman–Crippen LogP) is 3.51. The van der Waals surface area contributed by atoms with Crippen molar-refractivity contribution in [3.8, 4) is 5.75 Å². The molecule has 1 aromatic rings. The minimum Gasteiger partial charge on any atom is -0.508 e. The van der Waals surface area contributed by atoms with Gasteiger partial charge in [0.05, 0.1) is 0 Å². The summed E-state index contributed by atoms with van der Waals surface area (Å²) < 4.78 is 51.2. The van der Waals surface area contributed by atoms with Crippen LogP contribution >= 0.6 is 0 Å². The summed E-state index contributed by atoms with van der Waals surface area (Å²) in [4.78, 5) is 0. The van der Waals surface area contributed by atoms with Crippen molar-refractivity contribution in [1.29, 1.82) is 0 Å². The van der Waals surface area contributed by atoms with Gasteiger partial charge >= 0.3 is 6.18 Å². The predicted molar refractivity (Wildman–Crippen MR) is 62.4 cm³/mol. The molecule has 108 valence electrons. The second-order valence-electron chi connectivity index (χ2n) is 5.49. The van der Waals surface area contributed by atoms with Crippen molar-refractivity contribution < 1.29 is 27.8 Å². The summed E-state index contributed by atoms with van der Waals surface area (Å²) in [6, 6.07) is 3.06. The highest BCUT2D eigenvalue weighted by atomic mass is 19.4. The van der Waals surface area contributed by atoms with E-state index in [0.717, 1.165) is 18.2 Å². The Labute approximate surface area is 108 Å². The zero-order chi connectivity index (χ0) is 15.1. The van der Waals surface area contributed by atoms with E-state index >= 15 is 0 Å². The molecule has 0 saturated carbocycles. The molecule has 0 fully saturated rings. The molecular weight excluding hydrogens is 264 g/mol.